The van der Waals surface area contributed by atoms with E-state index in [1.165, 1.54) is 0 Å². The Hall–Kier alpha value is -2.42. The standard InChI is InChI=1S/C16H16N2O/c1-11-5-3-4-6-15(11)16(17)18-14-9-7-13(8-10-14)12(2)19/h3-10H,1-2H3,(H2,17,18). The molecule has 0 saturated carbocycles. The highest BCUT2D eigenvalue weighted by Gasteiger charge is 2.03. The lowest BCUT2D eigenvalue weighted by Crippen LogP contribution is -2.14. The molecular formula is C16H16N2O. The molecule has 2 aromatic rings. The largest absolute Gasteiger partial charge is 0.383 e. The number of rotatable bonds is 3. The van der Waals surface area contributed by atoms with Crippen LogP contribution in [0.1, 0.15) is 28.4 Å². The number of Topliss-reactive ketones (excluding diaryl/α,β-unsaturated/α-hetero) is 1. The molecule has 0 spiro atoms. The molecule has 0 bridgehead atoms. The van der Waals surface area contributed by atoms with Crippen molar-refractivity contribution in [2.45, 2.75) is 13.8 Å². The zero-order chi connectivity index (χ0) is 13.8. The van der Waals surface area contributed by atoms with Crippen LogP contribution in [0.3, 0.4) is 0 Å². The third kappa shape index (κ3) is 3.07. The first-order valence-electron chi connectivity index (χ1n) is 6.09. The predicted octanol–water partition coefficient (Wildman–Crippen LogP) is 3.23. The minimum absolute atomic E-state index is 0.0439. The first-order chi connectivity index (χ1) is 9.08. The molecule has 0 aromatic heterocycles. The highest BCUT2D eigenvalue weighted by atomic mass is 16.1. The fourth-order valence-electron chi connectivity index (χ4n) is 1.83. The Bertz CT molecular complexity index is 627. The fraction of sp³-hybridized carbons (Fsp3) is 0.125. The summed E-state index contributed by atoms with van der Waals surface area (Å²) in [6.07, 6.45) is 0. The molecule has 19 heavy (non-hydrogen) atoms. The van der Waals surface area contributed by atoms with Crippen LogP contribution in [0.4, 0.5) is 5.69 Å². The van der Waals surface area contributed by atoms with Crippen molar-refractivity contribution in [2.24, 2.45) is 10.7 Å². The summed E-state index contributed by atoms with van der Waals surface area (Å²) in [5.74, 6) is 0.524. The number of nitrogens with zero attached hydrogens (tertiary/aromatic N) is 1. The topological polar surface area (TPSA) is 55.5 Å². The molecule has 2 N–H and O–H groups in total. The second-order valence-corrected chi connectivity index (χ2v) is 4.42. The average molecular weight is 252 g/mol. The van der Waals surface area contributed by atoms with Gasteiger partial charge in [-0.05, 0) is 43.7 Å². The Morgan fingerprint density at radius 2 is 1.68 bits per heavy atom. The van der Waals surface area contributed by atoms with Crippen LogP contribution in [0.2, 0.25) is 0 Å². The van der Waals surface area contributed by atoms with E-state index >= 15 is 0 Å². The molecule has 3 nitrogen and oxygen atoms in total. The van der Waals surface area contributed by atoms with Crippen LogP contribution in [0.15, 0.2) is 53.5 Å². The van der Waals surface area contributed by atoms with Gasteiger partial charge in [0, 0.05) is 11.1 Å². The molecule has 0 saturated heterocycles. The molecule has 0 unspecified atom stereocenters. The van der Waals surface area contributed by atoms with E-state index in [1.54, 1.807) is 31.2 Å². The van der Waals surface area contributed by atoms with Crippen LogP contribution in [-0.2, 0) is 0 Å². The van der Waals surface area contributed by atoms with Crippen LogP contribution >= 0.6 is 0 Å². The van der Waals surface area contributed by atoms with Crippen molar-refractivity contribution >= 4 is 17.3 Å². The van der Waals surface area contributed by atoms with Crippen molar-refractivity contribution < 1.29 is 4.79 Å². The summed E-state index contributed by atoms with van der Waals surface area (Å²) < 4.78 is 0. The second kappa shape index (κ2) is 5.48. The Balaban J connectivity index is 2.31. The molecule has 96 valence electrons. The SMILES string of the molecule is CC(=O)c1ccc(N=C(N)c2ccccc2C)cc1. The van der Waals surface area contributed by atoms with Gasteiger partial charge in [-0.25, -0.2) is 4.99 Å². The lowest BCUT2D eigenvalue weighted by molar-refractivity contribution is 0.101. The number of hydrogen-bond donors (Lipinski definition) is 1. The van der Waals surface area contributed by atoms with Crippen molar-refractivity contribution in [3.05, 3.63) is 65.2 Å². The summed E-state index contributed by atoms with van der Waals surface area (Å²) in [6, 6.07) is 14.9. The van der Waals surface area contributed by atoms with Crippen LogP contribution in [-0.4, -0.2) is 11.6 Å². The average Bonchev–Trinajstić information content (AvgIpc) is 2.39. The lowest BCUT2D eigenvalue weighted by Gasteiger charge is -2.05. The molecule has 0 amide bonds. The van der Waals surface area contributed by atoms with Gasteiger partial charge in [-0.15, -0.1) is 0 Å². The highest BCUT2D eigenvalue weighted by molar-refractivity contribution is 6.00. The van der Waals surface area contributed by atoms with E-state index in [2.05, 4.69) is 4.99 Å². The molecule has 0 heterocycles. The molecule has 0 aliphatic rings. The van der Waals surface area contributed by atoms with E-state index in [4.69, 9.17) is 5.73 Å². The van der Waals surface area contributed by atoms with E-state index in [-0.39, 0.29) is 5.78 Å². The van der Waals surface area contributed by atoms with Crippen LogP contribution in [0.25, 0.3) is 0 Å². The molecule has 2 rings (SSSR count). The summed E-state index contributed by atoms with van der Waals surface area (Å²) in [5.41, 5.74) is 9.44. The maximum Gasteiger partial charge on any atom is 0.159 e. The third-order valence-electron chi connectivity index (χ3n) is 2.94. The third-order valence-corrected chi connectivity index (χ3v) is 2.94. The molecular weight excluding hydrogens is 236 g/mol. The maximum atomic E-state index is 11.2. The molecule has 3 heteroatoms. The Morgan fingerprint density at radius 1 is 1.05 bits per heavy atom. The van der Waals surface area contributed by atoms with Gasteiger partial charge < -0.3 is 5.73 Å². The summed E-state index contributed by atoms with van der Waals surface area (Å²) in [5, 5.41) is 0. The van der Waals surface area contributed by atoms with E-state index in [0.717, 1.165) is 16.8 Å². The van der Waals surface area contributed by atoms with Crippen molar-refractivity contribution in [3.8, 4) is 0 Å². The zero-order valence-corrected chi connectivity index (χ0v) is 11.1. The van der Waals surface area contributed by atoms with Gasteiger partial charge in [0.2, 0.25) is 0 Å². The van der Waals surface area contributed by atoms with Gasteiger partial charge in [0.05, 0.1) is 5.69 Å². The normalized spacial score (nSPS) is 11.4. The van der Waals surface area contributed by atoms with Gasteiger partial charge in [0.25, 0.3) is 0 Å². The molecule has 2 aromatic carbocycles. The van der Waals surface area contributed by atoms with Crippen LogP contribution in [0.5, 0.6) is 0 Å². The van der Waals surface area contributed by atoms with Crippen LogP contribution < -0.4 is 5.73 Å². The van der Waals surface area contributed by atoms with Gasteiger partial charge in [-0.3, -0.25) is 4.79 Å². The maximum absolute atomic E-state index is 11.2. The summed E-state index contributed by atoms with van der Waals surface area (Å²) in [6.45, 7) is 3.54. The van der Waals surface area contributed by atoms with Gasteiger partial charge in [0.15, 0.2) is 5.78 Å². The van der Waals surface area contributed by atoms with E-state index in [9.17, 15) is 4.79 Å². The Kier molecular flexibility index (Phi) is 3.76. The minimum Gasteiger partial charge on any atom is -0.383 e. The summed E-state index contributed by atoms with van der Waals surface area (Å²) in [7, 11) is 0. The van der Waals surface area contributed by atoms with Gasteiger partial charge in [-0.1, -0.05) is 24.3 Å². The molecule has 0 aliphatic carbocycles. The number of amidine groups is 1. The molecule has 0 aliphatic heterocycles. The number of nitrogens with two attached hydrogens (primary N) is 1. The lowest BCUT2D eigenvalue weighted by atomic mass is 10.1. The fourth-order valence-corrected chi connectivity index (χ4v) is 1.83. The number of carbonyl (C=O) groups is 1. The zero-order valence-electron chi connectivity index (χ0n) is 11.1. The van der Waals surface area contributed by atoms with Gasteiger partial charge in [-0.2, -0.15) is 0 Å². The van der Waals surface area contributed by atoms with Crippen molar-refractivity contribution in [3.63, 3.8) is 0 Å². The summed E-state index contributed by atoms with van der Waals surface area (Å²) >= 11 is 0. The Labute approximate surface area is 112 Å². The van der Waals surface area contributed by atoms with E-state index < -0.39 is 0 Å². The number of carbonyl (C=O) groups excluding carboxylic acids is 1. The number of ketones is 1. The van der Waals surface area contributed by atoms with Crippen molar-refractivity contribution in [1.82, 2.24) is 0 Å². The Morgan fingerprint density at radius 3 is 2.26 bits per heavy atom. The molecule has 0 radical (unpaired) electrons. The first kappa shape index (κ1) is 13.0. The van der Waals surface area contributed by atoms with Gasteiger partial charge >= 0.3 is 0 Å². The number of aliphatic imine (C=N–C) groups is 1. The molecule has 0 atom stereocenters. The van der Waals surface area contributed by atoms with E-state index in [0.29, 0.717) is 11.4 Å². The smallest absolute Gasteiger partial charge is 0.159 e. The highest BCUT2D eigenvalue weighted by Crippen LogP contribution is 2.15. The van der Waals surface area contributed by atoms with Crippen molar-refractivity contribution in [1.29, 1.82) is 0 Å². The number of aryl methyl sites for hydroxylation is 1. The first-order valence-corrected chi connectivity index (χ1v) is 6.09. The van der Waals surface area contributed by atoms with E-state index in [1.807, 2.05) is 31.2 Å². The quantitative estimate of drug-likeness (QED) is 0.518. The monoisotopic (exact) mass is 252 g/mol. The van der Waals surface area contributed by atoms with Crippen LogP contribution in [0, 0.1) is 6.92 Å². The van der Waals surface area contributed by atoms with Gasteiger partial charge in [0.1, 0.15) is 5.84 Å². The minimum atomic E-state index is 0.0439. The van der Waals surface area contributed by atoms with Crippen molar-refractivity contribution in [2.75, 3.05) is 0 Å². The predicted molar refractivity (Wildman–Crippen MR) is 78.0 cm³/mol. The number of hydrogen-bond acceptors (Lipinski definition) is 2. The number of benzene rings is 2. The summed E-state index contributed by atoms with van der Waals surface area (Å²) in [4.78, 5) is 15.6. The molecule has 0 fully saturated rings. The second-order valence-electron chi connectivity index (χ2n) is 4.42.